The van der Waals surface area contributed by atoms with Gasteiger partial charge in [-0.1, -0.05) is 12.1 Å². The molecular weight excluding hydrogens is 527 g/mol. The second-order valence-electron chi connectivity index (χ2n) is 8.82. The SMILES string of the molecule is O=C1CN2C(=O)CCN(C(=O)OCc3cc(C(F)(F)F)cc(C(F)(F)F)c3)C2CN1Cc1cccc(F)c1. The van der Waals surface area contributed by atoms with E-state index in [4.69, 9.17) is 4.74 Å². The number of hydrogen-bond donors (Lipinski definition) is 0. The third-order valence-electron chi connectivity index (χ3n) is 6.16. The number of carbonyl (C=O) groups excluding carboxylic acids is 3. The Hall–Kier alpha value is -3.84. The van der Waals surface area contributed by atoms with Crippen LogP contribution in [0.1, 0.15) is 28.7 Å². The molecule has 1 unspecified atom stereocenters. The number of carbonyl (C=O) groups is 3. The van der Waals surface area contributed by atoms with Crippen LogP contribution in [0.4, 0.5) is 35.5 Å². The molecule has 2 aromatic carbocycles. The van der Waals surface area contributed by atoms with E-state index in [9.17, 15) is 45.1 Å². The van der Waals surface area contributed by atoms with E-state index < -0.39 is 65.5 Å². The fraction of sp³-hybridized carbons (Fsp3) is 0.375. The molecule has 204 valence electrons. The van der Waals surface area contributed by atoms with E-state index in [0.29, 0.717) is 17.7 Å². The maximum atomic E-state index is 13.6. The van der Waals surface area contributed by atoms with E-state index in [1.165, 1.54) is 23.1 Å². The van der Waals surface area contributed by atoms with Crippen molar-refractivity contribution < 1.29 is 49.9 Å². The van der Waals surface area contributed by atoms with Gasteiger partial charge >= 0.3 is 18.4 Å². The summed E-state index contributed by atoms with van der Waals surface area (Å²) in [5, 5.41) is 0. The van der Waals surface area contributed by atoms with Crippen molar-refractivity contribution in [1.82, 2.24) is 14.7 Å². The third-order valence-corrected chi connectivity index (χ3v) is 6.16. The molecule has 7 nitrogen and oxygen atoms in total. The van der Waals surface area contributed by atoms with Gasteiger partial charge in [0.25, 0.3) is 0 Å². The number of nitrogens with zero attached hydrogens (tertiary/aromatic N) is 3. The number of alkyl halides is 6. The Bertz CT molecular complexity index is 1220. The number of halogens is 7. The highest BCUT2D eigenvalue weighted by Crippen LogP contribution is 2.36. The molecule has 0 saturated carbocycles. The highest BCUT2D eigenvalue weighted by atomic mass is 19.4. The van der Waals surface area contributed by atoms with Crippen LogP contribution in [0.2, 0.25) is 0 Å². The minimum atomic E-state index is -5.06. The average Bonchev–Trinajstić information content (AvgIpc) is 2.82. The van der Waals surface area contributed by atoms with Crippen molar-refractivity contribution in [2.24, 2.45) is 0 Å². The second kappa shape index (κ2) is 10.1. The molecule has 2 heterocycles. The van der Waals surface area contributed by atoms with Gasteiger partial charge in [0.05, 0.1) is 17.7 Å². The van der Waals surface area contributed by atoms with Gasteiger partial charge < -0.3 is 14.5 Å². The predicted octanol–water partition coefficient (Wildman–Crippen LogP) is 4.40. The van der Waals surface area contributed by atoms with Crippen molar-refractivity contribution in [3.8, 4) is 0 Å². The summed E-state index contributed by atoms with van der Waals surface area (Å²) in [6, 6.07) is 6.36. The van der Waals surface area contributed by atoms with Gasteiger partial charge in [0.1, 0.15) is 25.1 Å². The van der Waals surface area contributed by atoms with Gasteiger partial charge in [-0.15, -0.1) is 0 Å². The van der Waals surface area contributed by atoms with Gasteiger partial charge in [0, 0.05) is 19.5 Å². The first-order chi connectivity index (χ1) is 17.7. The lowest BCUT2D eigenvalue weighted by molar-refractivity contribution is -0.160. The number of fused-ring (bicyclic) bond motifs is 1. The third kappa shape index (κ3) is 6.00. The van der Waals surface area contributed by atoms with E-state index in [1.807, 2.05) is 0 Å². The van der Waals surface area contributed by atoms with Crippen LogP contribution in [0.25, 0.3) is 0 Å². The molecule has 3 amide bonds. The first-order valence-electron chi connectivity index (χ1n) is 11.3. The van der Waals surface area contributed by atoms with E-state index in [-0.39, 0.29) is 38.7 Å². The highest BCUT2D eigenvalue weighted by molar-refractivity contribution is 5.88. The Morgan fingerprint density at radius 3 is 2.18 bits per heavy atom. The molecule has 38 heavy (non-hydrogen) atoms. The van der Waals surface area contributed by atoms with E-state index in [0.717, 1.165) is 9.80 Å². The van der Waals surface area contributed by atoms with Crippen LogP contribution in [-0.2, 0) is 39.8 Å². The van der Waals surface area contributed by atoms with Crippen molar-refractivity contribution in [2.75, 3.05) is 19.6 Å². The quantitative estimate of drug-likeness (QED) is 0.533. The summed E-state index contributed by atoms with van der Waals surface area (Å²) in [4.78, 5) is 41.4. The lowest BCUT2D eigenvalue weighted by atomic mass is 10.1. The van der Waals surface area contributed by atoms with Gasteiger partial charge in [0.15, 0.2) is 0 Å². The molecule has 0 radical (unpaired) electrons. The smallest absolute Gasteiger partial charge is 0.416 e. The van der Waals surface area contributed by atoms with Crippen molar-refractivity contribution >= 4 is 17.9 Å². The molecule has 2 aliphatic heterocycles. The van der Waals surface area contributed by atoms with E-state index in [1.54, 1.807) is 6.07 Å². The van der Waals surface area contributed by atoms with Crippen molar-refractivity contribution in [3.05, 3.63) is 70.5 Å². The first-order valence-corrected chi connectivity index (χ1v) is 11.3. The number of rotatable bonds is 4. The summed E-state index contributed by atoms with van der Waals surface area (Å²) < 4.78 is 97.3. The maximum Gasteiger partial charge on any atom is 0.416 e. The summed E-state index contributed by atoms with van der Waals surface area (Å²) in [7, 11) is 0. The molecule has 0 N–H and O–H groups in total. The van der Waals surface area contributed by atoms with Crippen LogP contribution < -0.4 is 0 Å². The van der Waals surface area contributed by atoms with E-state index in [2.05, 4.69) is 0 Å². The molecule has 2 fully saturated rings. The number of amides is 3. The Balaban J connectivity index is 1.50. The number of hydrogen-bond acceptors (Lipinski definition) is 4. The minimum absolute atomic E-state index is 0.0114. The zero-order valence-electron chi connectivity index (χ0n) is 19.5. The molecule has 2 saturated heterocycles. The Morgan fingerprint density at radius 2 is 1.58 bits per heavy atom. The van der Waals surface area contributed by atoms with Crippen LogP contribution in [0.15, 0.2) is 42.5 Å². The van der Waals surface area contributed by atoms with Crippen molar-refractivity contribution in [3.63, 3.8) is 0 Å². The molecule has 2 aliphatic rings. The summed E-state index contributed by atoms with van der Waals surface area (Å²) in [6.07, 6.45) is -12.4. The van der Waals surface area contributed by atoms with Gasteiger partial charge in [-0.2, -0.15) is 26.3 Å². The zero-order valence-corrected chi connectivity index (χ0v) is 19.5. The maximum absolute atomic E-state index is 13.6. The highest BCUT2D eigenvalue weighted by Gasteiger charge is 2.44. The number of ether oxygens (including phenoxy) is 1. The minimum Gasteiger partial charge on any atom is -0.444 e. The van der Waals surface area contributed by atoms with Crippen LogP contribution in [0.5, 0.6) is 0 Å². The summed E-state index contributed by atoms with van der Waals surface area (Å²) in [6.45, 7) is -1.57. The molecule has 2 aromatic rings. The standard InChI is InChI=1S/C24H20F7N3O4/c25-18-3-1-2-14(8-18)10-32-11-19-33(5-4-20(35)34(19)12-21(32)36)22(37)38-13-15-6-16(23(26,27)28)9-17(7-15)24(29,30)31/h1-3,6-9,19H,4-5,10-13H2. The molecular formula is C24H20F7N3O4. The topological polar surface area (TPSA) is 70.2 Å². The lowest BCUT2D eigenvalue weighted by Crippen LogP contribution is -2.67. The second-order valence-corrected chi connectivity index (χ2v) is 8.82. The van der Waals surface area contributed by atoms with Crippen LogP contribution in [0, 0.1) is 5.82 Å². The van der Waals surface area contributed by atoms with Crippen LogP contribution >= 0.6 is 0 Å². The first kappa shape index (κ1) is 27.2. The average molecular weight is 547 g/mol. The monoisotopic (exact) mass is 547 g/mol. The van der Waals surface area contributed by atoms with Crippen LogP contribution in [-0.4, -0.2) is 58.4 Å². The van der Waals surface area contributed by atoms with Crippen LogP contribution in [0.3, 0.4) is 0 Å². The van der Waals surface area contributed by atoms with Crippen molar-refractivity contribution in [2.45, 2.75) is 38.1 Å². The van der Waals surface area contributed by atoms with Gasteiger partial charge in [-0.05, 0) is 41.5 Å². The summed E-state index contributed by atoms with van der Waals surface area (Å²) in [5.74, 6) is -1.38. The predicted molar refractivity (Wildman–Crippen MR) is 115 cm³/mol. The molecule has 0 aromatic heterocycles. The van der Waals surface area contributed by atoms with Gasteiger partial charge in [0.2, 0.25) is 11.8 Å². The largest absolute Gasteiger partial charge is 0.444 e. The number of benzene rings is 2. The number of piperazine rings is 1. The van der Waals surface area contributed by atoms with Gasteiger partial charge in [-0.3, -0.25) is 14.5 Å². The normalized spacial score (nSPS) is 18.5. The molecule has 0 aliphatic carbocycles. The molecule has 0 bridgehead atoms. The molecule has 1 atom stereocenters. The summed E-state index contributed by atoms with van der Waals surface area (Å²) in [5.41, 5.74) is -3.16. The Morgan fingerprint density at radius 1 is 0.921 bits per heavy atom. The fourth-order valence-corrected chi connectivity index (χ4v) is 4.33. The Labute approximate surface area is 211 Å². The Kier molecular flexibility index (Phi) is 7.26. The van der Waals surface area contributed by atoms with Gasteiger partial charge in [-0.25, -0.2) is 9.18 Å². The molecule has 0 spiro atoms. The van der Waals surface area contributed by atoms with Crippen molar-refractivity contribution in [1.29, 1.82) is 0 Å². The molecule has 4 rings (SSSR count). The summed E-state index contributed by atoms with van der Waals surface area (Å²) >= 11 is 0. The molecule has 14 heteroatoms. The fourth-order valence-electron chi connectivity index (χ4n) is 4.33. The van der Waals surface area contributed by atoms with E-state index >= 15 is 0 Å². The lowest BCUT2D eigenvalue weighted by Gasteiger charge is -2.48. The zero-order chi connectivity index (χ0) is 27.8.